The molecule has 0 spiro atoms. The van der Waals surface area contributed by atoms with E-state index in [9.17, 15) is 4.79 Å². The van der Waals surface area contributed by atoms with Gasteiger partial charge in [0.1, 0.15) is 5.75 Å². The van der Waals surface area contributed by atoms with Crippen LogP contribution < -0.4 is 4.74 Å². The summed E-state index contributed by atoms with van der Waals surface area (Å²) >= 11 is 5.73. The van der Waals surface area contributed by atoms with Crippen molar-refractivity contribution in [1.29, 1.82) is 0 Å². The maximum Gasteiger partial charge on any atom is 0.303 e. The maximum absolute atomic E-state index is 11.0. The van der Waals surface area contributed by atoms with Gasteiger partial charge >= 0.3 is 5.97 Å². The molecule has 2 rings (SSSR count). The first-order chi connectivity index (χ1) is 9.19. The molecule has 5 heteroatoms. The fraction of sp³-hybridized carbons (Fsp3) is 0.500. The quantitative estimate of drug-likeness (QED) is 0.630. The van der Waals surface area contributed by atoms with Crippen molar-refractivity contribution in [2.24, 2.45) is 0 Å². The van der Waals surface area contributed by atoms with Crippen LogP contribution >= 0.6 is 11.6 Å². The molecule has 1 aliphatic heterocycles. The van der Waals surface area contributed by atoms with Gasteiger partial charge in [0.2, 0.25) is 6.29 Å². The predicted octanol–water partition coefficient (Wildman–Crippen LogP) is 2.87. The number of alkyl halides is 1. The Balaban J connectivity index is 1.99. The van der Waals surface area contributed by atoms with E-state index in [1.54, 1.807) is 0 Å². The molecule has 1 heterocycles. The van der Waals surface area contributed by atoms with E-state index in [0.717, 1.165) is 18.4 Å². The monoisotopic (exact) mass is 284 g/mol. The molecule has 0 saturated carbocycles. The van der Waals surface area contributed by atoms with Crippen LogP contribution in [-0.4, -0.2) is 25.0 Å². The zero-order valence-electron chi connectivity index (χ0n) is 10.8. The second kappa shape index (κ2) is 6.78. The summed E-state index contributed by atoms with van der Waals surface area (Å²) in [6.45, 7) is 2.00. The molecule has 0 N–H and O–H groups in total. The molecule has 0 aliphatic carbocycles. The van der Waals surface area contributed by atoms with Gasteiger partial charge in [0.15, 0.2) is 6.10 Å². The molecule has 1 aromatic carbocycles. The Morgan fingerprint density at radius 1 is 1.42 bits per heavy atom. The van der Waals surface area contributed by atoms with Gasteiger partial charge in [0, 0.05) is 12.8 Å². The minimum Gasteiger partial charge on any atom is -0.461 e. The van der Waals surface area contributed by atoms with Gasteiger partial charge in [-0.25, -0.2) is 0 Å². The van der Waals surface area contributed by atoms with Gasteiger partial charge in [-0.05, 0) is 30.5 Å². The fourth-order valence-electron chi connectivity index (χ4n) is 1.96. The Morgan fingerprint density at radius 2 is 2.16 bits per heavy atom. The SMILES string of the molecule is CC(=O)OC1CCCOC1Oc1ccc(CCl)cc1. The molecule has 4 nitrogen and oxygen atoms in total. The lowest BCUT2D eigenvalue weighted by molar-refractivity contribution is -0.195. The molecule has 2 unspecified atom stereocenters. The third-order valence-electron chi connectivity index (χ3n) is 2.87. The summed E-state index contributed by atoms with van der Waals surface area (Å²) in [5.74, 6) is 0.829. The zero-order valence-corrected chi connectivity index (χ0v) is 11.6. The van der Waals surface area contributed by atoms with Crippen molar-refractivity contribution in [2.75, 3.05) is 6.61 Å². The summed E-state index contributed by atoms with van der Waals surface area (Å²) < 4.78 is 16.5. The van der Waals surface area contributed by atoms with Crippen molar-refractivity contribution in [3.63, 3.8) is 0 Å². The van der Waals surface area contributed by atoms with Gasteiger partial charge in [-0.3, -0.25) is 4.79 Å². The minimum absolute atomic E-state index is 0.318. The molecule has 2 atom stereocenters. The Hall–Kier alpha value is -1.26. The number of rotatable bonds is 4. The normalized spacial score (nSPS) is 22.8. The van der Waals surface area contributed by atoms with Crippen LogP contribution in [0, 0.1) is 0 Å². The molecule has 1 aromatic rings. The van der Waals surface area contributed by atoms with Gasteiger partial charge in [-0.2, -0.15) is 0 Å². The van der Waals surface area contributed by atoms with Gasteiger partial charge in [-0.15, -0.1) is 11.6 Å². The molecule has 19 heavy (non-hydrogen) atoms. The number of esters is 1. The van der Waals surface area contributed by atoms with Crippen LogP contribution in [0.1, 0.15) is 25.3 Å². The fourth-order valence-corrected chi connectivity index (χ4v) is 2.13. The number of carbonyl (C=O) groups is 1. The standard InChI is InChI=1S/C14H17ClO4/c1-10(16)18-13-3-2-8-17-14(13)19-12-6-4-11(9-15)5-7-12/h4-7,13-14H,2-3,8-9H2,1H3. The van der Waals surface area contributed by atoms with Gasteiger partial charge in [0.25, 0.3) is 0 Å². The number of carbonyl (C=O) groups excluding carboxylic acids is 1. The van der Waals surface area contributed by atoms with E-state index in [1.165, 1.54) is 6.92 Å². The highest BCUT2D eigenvalue weighted by atomic mass is 35.5. The van der Waals surface area contributed by atoms with Crippen molar-refractivity contribution >= 4 is 17.6 Å². The summed E-state index contributed by atoms with van der Waals surface area (Å²) in [5, 5.41) is 0. The number of halogens is 1. The summed E-state index contributed by atoms with van der Waals surface area (Å²) in [6.07, 6.45) is 0.728. The average molecular weight is 285 g/mol. The third kappa shape index (κ3) is 4.11. The summed E-state index contributed by atoms with van der Waals surface area (Å²) in [7, 11) is 0. The van der Waals surface area contributed by atoms with Crippen LogP contribution in [0.2, 0.25) is 0 Å². The lowest BCUT2D eigenvalue weighted by Crippen LogP contribution is -2.41. The Labute approximate surface area is 117 Å². The van der Waals surface area contributed by atoms with Crippen molar-refractivity contribution in [2.45, 2.75) is 38.0 Å². The highest BCUT2D eigenvalue weighted by Gasteiger charge is 2.30. The highest BCUT2D eigenvalue weighted by Crippen LogP contribution is 2.22. The minimum atomic E-state index is -0.542. The molecular formula is C14H17ClO4. The molecular weight excluding hydrogens is 268 g/mol. The largest absolute Gasteiger partial charge is 0.461 e. The number of ether oxygens (including phenoxy) is 3. The second-order valence-corrected chi connectivity index (χ2v) is 4.69. The molecule has 1 saturated heterocycles. The van der Waals surface area contributed by atoms with E-state index in [-0.39, 0.29) is 12.1 Å². The number of hydrogen-bond acceptors (Lipinski definition) is 4. The molecule has 0 radical (unpaired) electrons. The van der Waals surface area contributed by atoms with Crippen molar-refractivity contribution in [3.05, 3.63) is 29.8 Å². The Kier molecular flexibility index (Phi) is 5.05. The maximum atomic E-state index is 11.0. The van der Waals surface area contributed by atoms with Crippen LogP contribution in [0.15, 0.2) is 24.3 Å². The smallest absolute Gasteiger partial charge is 0.303 e. The third-order valence-corrected chi connectivity index (χ3v) is 3.17. The molecule has 0 amide bonds. The van der Waals surface area contributed by atoms with Gasteiger partial charge in [0.05, 0.1) is 6.61 Å². The second-order valence-electron chi connectivity index (χ2n) is 4.42. The van der Waals surface area contributed by atoms with E-state index < -0.39 is 6.29 Å². The van der Waals surface area contributed by atoms with Crippen molar-refractivity contribution in [3.8, 4) is 5.75 Å². The Bertz CT molecular complexity index is 418. The van der Waals surface area contributed by atoms with Crippen LogP contribution in [0.25, 0.3) is 0 Å². The molecule has 104 valence electrons. The van der Waals surface area contributed by atoms with Crippen LogP contribution in [0.4, 0.5) is 0 Å². The highest BCUT2D eigenvalue weighted by molar-refractivity contribution is 6.17. The zero-order chi connectivity index (χ0) is 13.7. The van der Waals surface area contributed by atoms with E-state index in [4.69, 9.17) is 25.8 Å². The van der Waals surface area contributed by atoms with E-state index in [2.05, 4.69) is 0 Å². The van der Waals surface area contributed by atoms with Crippen LogP contribution in [0.5, 0.6) is 5.75 Å². The summed E-state index contributed by atoms with van der Waals surface area (Å²) in [4.78, 5) is 11.0. The van der Waals surface area contributed by atoms with E-state index in [1.807, 2.05) is 24.3 Å². The first-order valence-corrected chi connectivity index (χ1v) is 6.83. The number of benzene rings is 1. The van der Waals surface area contributed by atoms with Crippen molar-refractivity contribution in [1.82, 2.24) is 0 Å². The summed E-state index contributed by atoms with van der Waals surface area (Å²) in [5.41, 5.74) is 1.02. The van der Waals surface area contributed by atoms with Gasteiger partial charge < -0.3 is 14.2 Å². The van der Waals surface area contributed by atoms with Crippen LogP contribution in [-0.2, 0) is 20.1 Å². The molecule has 0 bridgehead atoms. The van der Waals surface area contributed by atoms with Crippen molar-refractivity contribution < 1.29 is 19.0 Å². The van der Waals surface area contributed by atoms with E-state index in [0.29, 0.717) is 18.2 Å². The molecule has 1 fully saturated rings. The molecule has 0 aromatic heterocycles. The summed E-state index contributed by atoms with van der Waals surface area (Å²) in [6, 6.07) is 7.46. The first kappa shape index (κ1) is 14.2. The predicted molar refractivity (Wildman–Crippen MR) is 71.2 cm³/mol. The Morgan fingerprint density at radius 3 is 2.79 bits per heavy atom. The molecule has 1 aliphatic rings. The average Bonchev–Trinajstić information content (AvgIpc) is 2.41. The first-order valence-electron chi connectivity index (χ1n) is 6.29. The van der Waals surface area contributed by atoms with Crippen LogP contribution in [0.3, 0.4) is 0 Å². The van der Waals surface area contributed by atoms with Gasteiger partial charge in [-0.1, -0.05) is 12.1 Å². The topological polar surface area (TPSA) is 44.8 Å². The lowest BCUT2D eigenvalue weighted by atomic mass is 10.1. The lowest BCUT2D eigenvalue weighted by Gasteiger charge is -2.31. The number of hydrogen-bond donors (Lipinski definition) is 0. The van der Waals surface area contributed by atoms with E-state index >= 15 is 0 Å².